The standard InChI is InChI=1S/C14H12BrFN2O/c15-11-5-6-12(16)13(7-11)19-8-9-1-3-10(4-2-9)14(17)18/h1-7H,8H2,(H3,17,18). The van der Waals surface area contributed by atoms with Gasteiger partial charge in [-0.15, -0.1) is 0 Å². The SMILES string of the molecule is N=C(N)c1ccc(COc2cc(Br)ccc2F)cc1. The van der Waals surface area contributed by atoms with E-state index in [1.165, 1.54) is 6.07 Å². The highest BCUT2D eigenvalue weighted by Gasteiger charge is 2.04. The number of benzene rings is 2. The number of amidine groups is 1. The number of hydrogen-bond acceptors (Lipinski definition) is 2. The molecule has 5 heteroatoms. The molecule has 0 unspecified atom stereocenters. The molecule has 3 N–H and O–H groups in total. The van der Waals surface area contributed by atoms with Crippen LogP contribution >= 0.6 is 15.9 Å². The van der Waals surface area contributed by atoms with Gasteiger partial charge in [-0.05, 0) is 23.8 Å². The highest BCUT2D eigenvalue weighted by Crippen LogP contribution is 2.23. The van der Waals surface area contributed by atoms with Gasteiger partial charge in [-0.3, -0.25) is 5.41 Å². The summed E-state index contributed by atoms with van der Waals surface area (Å²) in [6.45, 7) is 0.256. The van der Waals surface area contributed by atoms with Crippen LogP contribution in [0.5, 0.6) is 5.75 Å². The lowest BCUT2D eigenvalue weighted by Gasteiger charge is -2.08. The van der Waals surface area contributed by atoms with Crippen molar-refractivity contribution in [1.29, 1.82) is 5.41 Å². The fraction of sp³-hybridized carbons (Fsp3) is 0.0714. The normalized spacial score (nSPS) is 10.2. The summed E-state index contributed by atoms with van der Waals surface area (Å²) in [6, 6.07) is 11.6. The van der Waals surface area contributed by atoms with Gasteiger partial charge in [0.1, 0.15) is 12.4 Å². The van der Waals surface area contributed by atoms with Crippen LogP contribution in [0.1, 0.15) is 11.1 Å². The van der Waals surface area contributed by atoms with Crippen molar-refractivity contribution in [2.45, 2.75) is 6.61 Å². The van der Waals surface area contributed by atoms with E-state index >= 15 is 0 Å². The molecular formula is C14H12BrFN2O. The van der Waals surface area contributed by atoms with Crippen LogP contribution in [-0.4, -0.2) is 5.84 Å². The molecule has 0 aliphatic heterocycles. The number of rotatable bonds is 4. The van der Waals surface area contributed by atoms with Crippen LogP contribution in [0.3, 0.4) is 0 Å². The lowest BCUT2D eigenvalue weighted by atomic mass is 10.1. The Hall–Kier alpha value is -1.88. The van der Waals surface area contributed by atoms with Crippen LogP contribution < -0.4 is 10.5 Å². The van der Waals surface area contributed by atoms with E-state index in [2.05, 4.69) is 15.9 Å². The van der Waals surface area contributed by atoms with Crippen molar-refractivity contribution in [3.63, 3.8) is 0 Å². The van der Waals surface area contributed by atoms with Crippen LogP contribution in [0.25, 0.3) is 0 Å². The maximum Gasteiger partial charge on any atom is 0.165 e. The minimum atomic E-state index is -0.399. The van der Waals surface area contributed by atoms with Gasteiger partial charge in [0.25, 0.3) is 0 Å². The van der Waals surface area contributed by atoms with Crippen molar-refractivity contribution in [3.05, 3.63) is 63.9 Å². The van der Waals surface area contributed by atoms with Gasteiger partial charge < -0.3 is 10.5 Å². The molecule has 0 radical (unpaired) electrons. The Labute approximate surface area is 118 Å². The molecule has 0 aromatic heterocycles. The Bertz CT molecular complexity index is 599. The smallest absolute Gasteiger partial charge is 0.165 e. The van der Waals surface area contributed by atoms with Crippen LogP contribution in [0.2, 0.25) is 0 Å². The van der Waals surface area contributed by atoms with Crippen molar-refractivity contribution in [2.75, 3.05) is 0 Å². The molecular weight excluding hydrogens is 311 g/mol. The van der Waals surface area contributed by atoms with Crippen LogP contribution in [0.4, 0.5) is 4.39 Å². The van der Waals surface area contributed by atoms with E-state index in [1.54, 1.807) is 36.4 Å². The predicted octanol–water partition coefficient (Wildman–Crippen LogP) is 3.45. The molecule has 98 valence electrons. The van der Waals surface area contributed by atoms with E-state index in [0.717, 1.165) is 10.0 Å². The van der Waals surface area contributed by atoms with E-state index in [0.29, 0.717) is 5.56 Å². The summed E-state index contributed by atoms with van der Waals surface area (Å²) in [6.07, 6.45) is 0. The first-order chi connectivity index (χ1) is 9.06. The first-order valence-electron chi connectivity index (χ1n) is 5.57. The van der Waals surface area contributed by atoms with Gasteiger partial charge in [0.15, 0.2) is 11.6 Å². The fourth-order valence-corrected chi connectivity index (χ4v) is 1.87. The fourth-order valence-electron chi connectivity index (χ4n) is 1.53. The van der Waals surface area contributed by atoms with Crippen LogP contribution in [0.15, 0.2) is 46.9 Å². The zero-order chi connectivity index (χ0) is 13.8. The third-order valence-corrected chi connectivity index (χ3v) is 3.05. The molecule has 0 aliphatic rings. The molecule has 2 rings (SSSR count). The number of nitrogens with two attached hydrogens (primary N) is 1. The molecule has 0 aliphatic carbocycles. The van der Waals surface area contributed by atoms with Gasteiger partial charge in [-0.25, -0.2) is 4.39 Å². The first kappa shape index (κ1) is 13.5. The number of hydrogen-bond donors (Lipinski definition) is 2. The molecule has 2 aromatic rings. The quantitative estimate of drug-likeness (QED) is 0.669. The van der Waals surface area contributed by atoms with Gasteiger partial charge in [0.05, 0.1) is 0 Å². The highest BCUT2D eigenvalue weighted by atomic mass is 79.9. The Balaban J connectivity index is 2.06. The van der Waals surface area contributed by atoms with E-state index in [-0.39, 0.29) is 18.2 Å². The minimum Gasteiger partial charge on any atom is -0.486 e. The zero-order valence-electron chi connectivity index (χ0n) is 9.99. The molecule has 0 saturated carbocycles. The molecule has 0 bridgehead atoms. The summed E-state index contributed by atoms with van der Waals surface area (Å²) in [5.74, 6) is -0.181. The molecule has 0 spiro atoms. The van der Waals surface area contributed by atoms with Crippen molar-refractivity contribution in [1.82, 2.24) is 0 Å². The van der Waals surface area contributed by atoms with Gasteiger partial charge in [-0.1, -0.05) is 40.2 Å². The topological polar surface area (TPSA) is 59.1 Å². The van der Waals surface area contributed by atoms with E-state index in [1.807, 2.05) is 0 Å². The Morgan fingerprint density at radius 1 is 1.21 bits per heavy atom. The zero-order valence-corrected chi connectivity index (χ0v) is 11.6. The largest absolute Gasteiger partial charge is 0.486 e. The summed E-state index contributed by atoms with van der Waals surface area (Å²) >= 11 is 3.26. The summed E-state index contributed by atoms with van der Waals surface area (Å²) in [4.78, 5) is 0. The summed E-state index contributed by atoms with van der Waals surface area (Å²) in [7, 11) is 0. The van der Waals surface area contributed by atoms with Crippen LogP contribution in [-0.2, 0) is 6.61 Å². The molecule has 0 heterocycles. The number of nitrogens with one attached hydrogen (secondary N) is 1. The minimum absolute atomic E-state index is 0.0190. The van der Waals surface area contributed by atoms with E-state index in [9.17, 15) is 4.39 Å². The highest BCUT2D eigenvalue weighted by molar-refractivity contribution is 9.10. The third kappa shape index (κ3) is 3.54. The summed E-state index contributed by atoms with van der Waals surface area (Å²) in [5, 5.41) is 7.29. The van der Waals surface area contributed by atoms with Crippen molar-refractivity contribution >= 4 is 21.8 Å². The molecule has 2 aromatic carbocycles. The molecule has 0 atom stereocenters. The first-order valence-corrected chi connectivity index (χ1v) is 6.37. The van der Waals surface area contributed by atoms with Crippen LogP contribution in [0, 0.1) is 11.2 Å². The summed E-state index contributed by atoms with van der Waals surface area (Å²) in [5.41, 5.74) is 6.89. The lowest BCUT2D eigenvalue weighted by molar-refractivity contribution is 0.290. The second kappa shape index (κ2) is 5.84. The van der Waals surface area contributed by atoms with Gasteiger partial charge in [-0.2, -0.15) is 0 Å². The average molecular weight is 323 g/mol. The molecule has 19 heavy (non-hydrogen) atoms. The molecule has 0 fully saturated rings. The van der Waals surface area contributed by atoms with E-state index < -0.39 is 5.82 Å². The Kier molecular flexibility index (Phi) is 4.16. The maximum absolute atomic E-state index is 13.5. The van der Waals surface area contributed by atoms with Crippen molar-refractivity contribution < 1.29 is 9.13 Å². The summed E-state index contributed by atoms with van der Waals surface area (Å²) < 4.78 is 19.6. The second-order valence-electron chi connectivity index (χ2n) is 3.97. The molecule has 0 saturated heterocycles. The number of ether oxygens (including phenoxy) is 1. The maximum atomic E-state index is 13.5. The molecule has 0 amide bonds. The van der Waals surface area contributed by atoms with Crippen molar-refractivity contribution in [2.24, 2.45) is 5.73 Å². The lowest BCUT2D eigenvalue weighted by Crippen LogP contribution is -2.10. The number of nitrogen functional groups attached to an aromatic ring is 1. The van der Waals surface area contributed by atoms with Gasteiger partial charge in [0, 0.05) is 10.0 Å². The van der Waals surface area contributed by atoms with Crippen molar-refractivity contribution in [3.8, 4) is 5.75 Å². The average Bonchev–Trinajstić information content (AvgIpc) is 2.40. The van der Waals surface area contributed by atoms with E-state index in [4.69, 9.17) is 15.9 Å². The van der Waals surface area contributed by atoms with Gasteiger partial charge in [0.2, 0.25) is 0 Å². The number of halogens is 2. The predicted molar refractivity (Wildman–Crippen MR) is 75.9 cm³/mol. The Morgan fingerprint density at radius 3 is 2.53 bits per heavy atom. The third-order valence-electron chi connectivity index (χ3n) is 2.55. The second-order valence-corrected chi connectivity index (χ2v) is 4.89. The molecule has 3 nitrogen and oxygen atoms in total. The van der Waals surface area contributed by atoms with Gasteiger partial charge >= 0.3 is 0 Å². The Morgan fingerprint density at radius 2 is 1.89 bits per heavy atom. The monoisotopic (exact) mass is 322 g/mol.